The maximum Gasteiger partial charge on any atom is 0.254 e. The summed E-state index contributed by atoms with van der Waals surface area (Å²) in [4.78, 5) is 22.2. The summed E-state index contributed by atoms with van der Waals surface area (Å²) in [6, 6.07) is 13.7. The van der Waals surface area contributed by atoms with Crippen LogP contribution in [-0.4, -0.2) is 15.9 Å². The van der Waals surface area contributed by atoms with Crippen molar-refractivity contribution in [3.05, 3.63) is 83.3 Å². The molecule has 126 valence electrons. The normalized spacial score (nSPS) is 10.5. The van der Waals surface area contributed by atoms with Crippen LogP contribution in [0.1, 0.15) is 27.0 Å². The molecule has 0 saturated carbocycles. The van der Waals surface area contributed by atoms with Crippen molar-refractivity contribution < 1.29 is 4.79 Å². The van der Waals surface area contributed by atoms with Gasteiger partial charge in [-0.3, -0.25) is 9.78 Å². The second-order valence-electron chi connectivity index (χ2n) is 5.77. The van der Waals surface area contributed by atoms with Gasteiger partial charge < -0.3 is 5.32 Å². The highest BCUT2D eigenvalue weighted by atomic mass is 32.2. The van der Waals surface area contributed by atoms with E-state index in [1.54, 1.807) is 30.7 Å². The Morgan fingerprint density at radius 1 is 1.12 bits per heavy atom. The van der Waals surface area contributed by atoms with Gasteiger partial charge in [0.25, 0.3) is 5.91 Å². The van der Waals surface area contributed by atoms with Crippen LogP contribution in [0.15, 0.2) is 71.0 Å². The standard InChI is InChI=1S/C20H19N3OS/c1-14-7-8-15(2)18(11-14)25-20-17(6-4-10-22-20)19(24)23-13-16-5-3-9-21-12-16/h3-12H,13H2,1-2H3,(H,23,24). The molecular formula is C20H19N3OS. The molecule has 0 unspecified atom stereocenters. The number of carbonyl (C=O) groups is 1. The molecule has 1 aromatic carbocycles. The molecule has 0 atom stereocenters. The van der Waals surface area contributed by atoms with Crippen LogP contribution in [0.2, 0.25) is 0 Å². The van der Waals surface area contributed by atoms with E-state index in [1.807, 2.05) is 12.1 Å². The molecule has 0 bridgehead atoms. The van der Waals surface area contributed by atoms with Gasteiger partial charge in [0.05, 0.1) is 5.56 Å². The fraction of sp³-hybridized carbons (Fsp3) is 0.150. The Balaban J connectivity index is 1.78. The predicted octanol–water partition coefficient (Wildman–Crippen LogP) is 4.17. The maximum absolute atomic E-state index is 12.6. The van der Waals surface area contributed by atoms with Gasteiger partial charge in [0.1, 0.15) is 5.03 Å². The minimum absolute atomic E-state index is 0.134. The molecule has 0 aliphatic carbocycles. The Hall–Kier alpha value is -2.66. The molecule has 1 N–H and O–H groups in total. The van der Waals surface area contributed by atoms with Crippen molar-refractivity contribution >= 4 is 17.7 Å². The fourth-order valence-corrected chi connectivity index (χ4v) is 3.41. The van der Waals surface area contributed by atoms with Gasteiger partial charge in [-0.2, -0.15) is 0 Å². The van der Waals surface area contributed by atoms with Crippen LogP contribution in [0.5, 0.6) is 0 Å². The summed E-state index contributed by atoms with van der Waals surface area (Å²) >= 11 is 1.52. The Bertz CT molecular complexity index is 881. The molecule has 0 radical (unpaired) electrons. The van der Waals surface area contributed by atoms with E-state index < -0.39 is 0 Å². The largest absolute Gasteiger partial charge is 0.348 e. The van der Waals surface area contributed by atoms with Crippen LogP contribution >= 0.6 is 11.8 Å². The number of amides is 1. The van der Waals surface area contributed by atoms with E-state index in [2.05, 4.69) is 47.3 Å². The number of carbonyl (C=O) groups excluding carboxylic acids is 1. The third-order valence-electron chi connectivity index (χ3n) is 3.74. The molecule has 2 aromatic heterocycles. The number of pyridine rings is 2. The SMILES string of the molecule is Cc1ccc(C)c(Sc2ncccc2C(=O)NCc2cccnc2)c1. The topological polar surface area (TPSA) is 54.9 Å². The Kier molecular flexibility index (Phi) is 5.46. The highest BCUT2D eigenvalue weighted by molar-refractivity contribution is 7.99. The van der Waals surface area contributed by atoms with E-state index >= 15 is 0 Å². The zero-order valence-corrected chi connectivity index (χ0v) is 15.0. The number of aromatic nitrogens is 2. The van der Waals surface area contributed by atoms with Gasteiger partial charge in [0, 0.05) is 30.0 Å². The van der Waals surface area contributed by atoms with Gasteiger partial charge >= 0.3 is 0 Å². The van der Waals surface area contributed by atoms with Crippen LogP contribution in [0, 0.1) is 13.8 Å². The van der Waals surface area contributed by atoms with Gasteiger partial charge in [-0.15, -0.1) is 0 Å². The molecule has 0 saturated heterocycles. The van der Waals surface area contributed by atoms with Gasteiger partial charge in [0.15, 0.2) is 0 Å². The molecule has 1 amide bonds. The number of hydrogen-bond acceptors (Lipinski definition) is 4. The molecular weight excluding hydrogens is 330 g/mol. The summed E-state index contributed by atoms with van der Waals surface area (Å²) in [6.45, 7) is 4.56. The van der Waals surface area contributed by atoms with Gasteiger partial charge in [-0.05, 0) is 54.8 Å². The molecule has 3 aromatic rings. The second-order valence-corrected chi connectivity index (χ2v) is 6.80. The number of hydrogen-bond donors (Lipinski definition) is 1. The van der Waals surface area contributed by atoms with Crippen molar-refractivity contribution in [2.24, 2.45) is 0 Å². The van der Waals surface area contributed by atoms with E-state index in [9.17, 15) is 4.79 Å². The molecule has 25 heavy (non-hydrogen) atoms. The first-order valence-corrected chi connectivity index (χ1v) is 8.82. The van der Waals surface area contributed by atoms with Gasteiger partial charge in [-0.25, -0.2) is 4.98 Å². The Morgan fingerprint density at radius 2 is 1.96 bits per heavy atom. The molecule has 0 spiro atoms. The number of rotatable bonds is 5. The minimum Gasteiger partial charge on any atom is -0.348 e. The Morgan fingerprint density at radius 3 is 2.76 bits per heavy atom. The summed E-state index contributed by atoms with van der Waals surface area (Å²) < 4.78 is 0. The molecule has 2 heterocycles. The average molecular weight is 349 g/mol. The van der Waals surface area contributed by atoms with Crippen molar-refractivity contribution in [2.45, 2.75) is 30.3 Å². The molecule has 0 aliphatic rings. The minimum atomic E-state index is -0.134. The zero-order chi connectivity index (χ0) is 17.6. The number of nitrogens with zero attached hydrogens (tertiary/aromatic N) is 2. The van der Waals surface area contributed by atoms with Gasteiger partial charge in [0.2, 0.25) is 0 Å². The number of benzene rings is 1. The third-order valence-corrected chi connectivity index (χ3v) is 4.92. The lowest BCUT2D eigenvalue weighted by Gasteiger charge is -2.11. The van der Waals surface area contributed by atoms with E-state index in [0.29, 0.717) is 17.1 Å². The van der Waals surface area contributed by atoms with Crippen molar-refractivity contribution in [3.63, 3.8) is 0 Å². The zero-order valence-electron chi connectivity index (χ0n) is 14.2. The van der Waals surface area contributed by atoms with Gasteiger partial charge in [-0.1, -0.05) is 30.0 Å². The summed E-state index contributed by atoms with van der Waals surface area (Å²) in [5.74, 6) is -0.134. The average Bonchev–Trinajstić information content (AvgIpc) is 2.64. The highest BCUT2D eigenvalue weighted by Crippen LogP contribution is 2.31. The first-order valence-electron chi connectivity index (χ1n) is 8.01. The van der Waals surface area contributed by atoms with E-state index in [0.717, 1.165) is 10.5 Å². The maximum atomic E-state index is 12.6. The second kappa shape index (κ2) is 7.94. The molecule has 0 aliphatic heterocycles. The van der Waals surface area contributed by atoms with Crippen LogP contribution in [0.25, 0.3) is 0 Å². The van der Waals surface area contributed by atoms with Crippen molar-refractivity contribution in [1.29, 1.82) is 0 Å². The summed E-state index contributed by atoms with van der Waals surface area (Å²) in [5.41, 5.74) is 3.90. The monoisotopic (exact) mass is 349 g/mol. The van der Waals surface area contributed by atoms with Crippen LogP contribution in [0.4, 0.5) is 0 Å². The van der Waals surface area contributed by atoms with Crippen LogP contribution in [-0.2, 0) is 6.54 Å². The highest BCUT2D eigenvalue weighted by Gasteiger charge is 2.14. The fourth-order valence-electron chi connectivity index (χ4n) is 2.35. The first kappa shape index (κ1) is 17.2. The summed E-state index contributed by atoms with van der Waals surface area (Å²) in [6.07, 6.45) is 5.17. The lowest BCUT2D eigenvalue weighted by atomic mass is 10.2. The smallest absolute Gasteiger partial charge is 0.254 e. The first-order chi connectivity index (χ1) is 12.1. The third kappa shape index (κ3) is 4.45. The predicted molar refractivity (Wildman–Crippen MR) is 99.7 cm³/mol. The van der Waals surface area contributed by atoms with E-state index in [-0.39, 0.29) is 5.91 Å². The quantitative estimate of drug-likeness (QED) is 0.751. The van der Waals surface area contributed by atoms with E-state index in [4.69, 9.17) is 0 Å². The molecule has 0 fully saturated rings. The van der Waals surface area contributed by atoms with E-state index in [1.165, 1.54) is 22.9 Å². The number of aryl methyl sites for hydroxylation is 2. The molecule has 4 nitrogen and oxygen atoms in total. The van der Waals surface area contributed by atoms with Crippen molar-refractivity contribution in [3.8, 4) is 0 Å². The lowest BCUT2D eigenvalue weighted by Crippen LogP contribution is -2.23. The summed E-state index contributed by atoms with van der Waals surface area (Å²) in [5, 5.41) is 3.64. The van der Waals surface area contributed by atoms with Crippen molar-refractivity contribution in [1.82, 2.24) is 15.3 Å². The van der Waals surface area contributed by atoms with Crippen molar-refractivity contribution in [2.75, 3.05) is 0 Å². The molecule has 5 heteroatoms. The Labute approximate surface area is 151 Å². The van der Waals surface area contributed by atoms with Crippen LogP contribution < -0.4 is 5.32 Å². The lowest BCUT2D eigenvalue weighted by molar-refractivity contribution is 0.0947. The molecule has 3 rings (SSSR count). The van der Waals surface area contributed by atoms with Crippen LogP contribution in [0.3, 0.4) is 0 Å². The number of nitrogens with one attached hydrogen (secondary N) is 1. The summed E-state index contributed by atoms with van der Waals surface area (Å²) in [7, 11) is 0.